The Kier molecular flexibility index (Phi) is 3.65. The summed E-state index contributed by atoms with van der Waals surface area (Å²) >= 11 is 0. The smallest absolute Gasteiger partial charge is 0.332 e. The Labute approximate surface area is 150 Å². The minimum absolute atomic E-state index is 0.301. The maximum Gasteiger partial charge on any atom is 0.332 e. The predicted octanol–water partition coefficient (Wildman–Crippen LogP) is 2.63. The summed E-state index contributed by atoms with van der Waals surface area (Å²) in [5, 5.41) is 3.28. The second-order valence-corrected chi connectivity index (χ2v) is 6.57. The fourth-order valence-corrected chi connectivity index (χ4v) is 3.36. The van der Waals surface area contributed by atoms with Gasteiger partial charge in [-0.2, -0.15) is 0 Å². The largest absolute Gasteiger partial charge is 0.340 e. The molecule has 26 heavy (non-hydrogen) atoms. The third-order valence-corrected chi connectivity index (χ3v) is 4.78. The van der Waals surface area contributed by atoms with Crippen LogP contribution in [0.4, 0.5) is 5.82 Å². The maximum atomic E-state index is 12.9. The number of hydrogen-bond donors (Lipinski definition) is 1. The third-order valence-electron chi connectivity index (χ3n) is 4.78. The van der Waals surface area contributed by atoms with E-state index >= 15 is 0 Å². The first-order valence-corrected chi connectivity index (χ1v) is 8.42. The van der Waals surface area contributed by atoms with Crippen molar-refractivity contribution in [3.63, 3.8) is 0 Å². The first kappa shape index (κ1) is 16.1. The van der Waals surface area contributed by atoms with Gasteiger partial charge in [0.1, 0.15) is 5.82 Å². The van der Waals surface area contributed by atoms with Crippen LogP contribution < -0.4 is 16.6 Å². The molecule has 2 aromatic rings. The molecule has 1 aromatic heterocycles. The van der Waals surface area contributed by atoms with Gasteiger partial charge in [-0.1, -0.05) is 54.1 Å². The van der Waals surface area contributed by atoms with Crippen molar-refractivity contribution in [3.8, 4) is 0 Å². The number of aryl methyl sites for hydroxylation is 1. The number of nitrogens with one attached hydrogen (secondary N) is 1. The van der Waals surface area contributed by atoms with E-state index in [0.717, 1.165) is 32.5 Å². The second kappa shape index (κ2) is 5.88. The van der Waals surface area contributed by atoms with Crippen LogP contribution in [0.25, 0.3) is 5.57 Å². The van der Waals surface area contributed by atoms with Gasteiger partial charge in [0.25, 0.3) is 5.56 Å². The molecule has 130 valence electrons. The SMILES string of the molecule is Cc1cccc(C2=CC(=C3C=CC=C3)Nc3c2c(=O)n(C)c(=O)n3C)c1. The molecular formula is C21H19N3O2. The number of nitrogens with zero attached hydrogens (tertiary/aromatic N) is 2. The van der Waals surface area contributed by atoms with Crippen LogP contribution in [0.5, 0.6) is 0 Å². The Morgan fingerprint density at radius 2 is 1.73 bits per heavy atom. The molecule has 1 aliphatic heterocycles. The molecule has 0 saturated carbocycles. The molecule has 0 fully saturated rings. The highest BCUT2D eigenvalue weighted by molar-refractivity contribution is 5.90. The summed E-state index contributed by atoms with van der Waals surface area (Å²) in [7, 11) is 3.19. The first-order chi connectivity index (χ1) is 12.5. The number of aromatic nitrogens is 2. The molecule has 4 rings (SSSR count). The first-order valence-electron chi connectivity index (χ1n) is 8.42. The van der Waals surface area contributed by atoms with Crippen molar-refractivity contribution in [1.29, 1.82) is 0 Å². The standard InChI is InChI=1S/C21H19N3O2/c1-13-7-6-10-15(11-13)16-12-17(14-8-4-5-9-14)22-19-18(16)20(25)24(3)21(26)23(19)2/h4-12,22H,1-3H3. The summed E-state index contributed by atoms with van der Waals surface area (Å²) in [6.07, 6.45) is 9.90. The summed E-state index contributed by atoms with van der Waals surface area (Å²) < 4.78 is 2.64. The number of allylic oxidation sites excluding steroid dienone is 6. The summed E-state index contributed by atoms with van der Waals surface area (Å²) in [6.45, 7) is 2.02. The molecule has 2 aliphatic rings. The molecule has 0 amide bonds. The highest BCUT2D eigenvalue weighted by Crippen LogP contribution is 2.34. The van der Waals surface area contributed by atoms with Gasteiger partial charge in [0.05, 0.1) is 5.56 Å². The van der Waals surface area contributed by atoms with Crippen molar-refractivity contribution in [2.75, 3.05) is 5.32 Å². The van der Waals surface area contributed by atoms with E-state index in [1.807, 2.05) is 61.6 Å². The van der Waals surface area contributed by atoms with E-state index < -0.39 is 0 Å². The Hall–Kier alpha value is -3.34. The van der Waals surface area contributed by atoms with E-state index in [1.165, 1.54) is 11.6 Å². The minimum Gasteiger partial charge on any atom is -0.340 e. The molecule has 2 heterocycles. The van der Waals surface area contributed by atoms with Crippen LogP contribution in [0.3, 0.4) is 0 Å². The summed E-state index contributed by atoms with van der Waals surface area (Å²) in [4.78, 5) is 25.3. The number of fused-ring (bicyclic) bond motifs is 1. The van der Waals surface area contributed by atoms with Crippen molar-refractivity contribution < 1.29 is 0 Å². The molecule has 0 saturated heterocycles. The summed E-state index contributed by atoms with van der Waals surface area (Å²) in [5.41, 5.74) is 4.60. The molecule has 0 bridgehead atoms. The molecule has 1 aromatic carbocycles. The van der Waals surface area contributed by atoms with Crippen molar-refractivity contribution in [3.05, 3.63) is 103 Å². The van der Waals surface area contributed by atoms with E-state index in [0.29, 0.717) is 11.4 Å². The molecule has 5 heteroatoms. The molecule has 0 spiro atoms. The molecule has 5 nitrogen and oxygen atoms in total. The fourth-order valence-electron chi connectivity index (χ4n) is 3.36. The van der Waals surface area contributed by atoms with Crippen LogP contribution in [0.1, 0.15) is 16.7 Å². The van der Waals surface area contributed by atoms with Crippen molar-refractivity contribution in [2.24, 2.45) is 14.1 Å². The average Bonchev–Trinajstić information content (AvgIpc) is 3.18. The zero-order valence-electron chi connectivity index (χ0n) is 14.9. The third kappa shape index (κ3) is 2.40. The van der Waals surface area contributed by atoms with E-state index in [1.54, 1.807) is 7.05 Å². The van der Waals surface area contributed by atoms with Crippen molar-refractivity contribution in [2.45, 2.75) is 6.92 Å². The van der Waals surface area contributed by atoms with E-state index in [2.05, 4.69) is 5.32 Å². The zero-order chi connectivity index (χ0) is 18.4. The Balaban J connectivity index is 2.09. The lowest BCUT2D eigenvalue weighted by molar-refractivity contribution is 0.687. The van der Waals surface area contributed by atoms with E-state index in [9.17, 15) is 9.59 Å². The fraction of sp³-hybridized carbons (Fsp3) is 0.143. The number of rotatable bonds is 1. The Bertz CT molecular complexity index is 1160. The van der Waals surface area contributed by atoms with Gasteiger partial charge in [0, 0.05) is 25.4 Å². The van der Waals surface area contributed by atoms with Crippen molar-refractivity contribution in [1.82, 2.24) is 9.13 Å². The van der Waals surface area contributed by atoms with Crippen LogP contribution in [0, 0.1) is 6.92 Å². The van der Waals surface area contributed by atoms with Gasteiger partial charge < -0.3 is 5.32 Å². The average molecular weight is 345 g/mol. The lowest BCUT2D eigenvalue weighted by atomic mass is 9.93. The van der Waals surface area contributed by atoms with Gasteiger partial charge in [-0.25, -0.2) is 4.79 Å². The van der Waals surface area contributed by atoms with E-state index in [4.69, 9.17) is 0 Å². The van der Waals surface area contributed by atoms with Gasteiger partial charge >= 0.3 is 5.69 Å². The molecule has 0 atom stereocenters. The number of anilines is 1. The summed E-state index contributed by atoms with van der Waals surface area (Å²) in [5.74, 6) is 0.522. The van der Waals surface area contributed by atoms with Gasteiger partial charge in [-0.3, -0.25) is 13.9 Å². The highest BCUT2D eigenvalue weighted by atomic mass is 16.2. The number of hydrogen-bond acceptors (Lipinski definition) is 3. The molecular weight excluding hydrogens is 326 g/mol. The molecule has 0 radical (unpaired) electrons. The second-order valence-electron chi connectivity index (χ2n) is 6.57. The van der Waals surface area contributed by atoms with Gasteiger partial charge in [0.15, 0.2) is 0 Å². The van der Waals surface area contributed by atoms with Crippen LogP contribution in [0.15, 0.2) is 75.5 Å². The monoisotopic (exact) mass is 345 g/mol. The molecule has 0 unspecified atom stereocenters. The zero-order valence-corrected chi connectivity index (χ0v) is 14.9. The van der Waals surface area contributed by atoms with Crippen LogP contribution in [-0.4, -0.2) is 9.13 Å². The topological polar surface area (TPSA) is 56.0 Å². The van der Waals surface area contributed by atoms with E-state index in [-0.39, 0.29) is 11.2 Å². The van der Waals surface area contributed by atoms with Gasteiger partial charge in [-0.15, -0.1) is 0 Å². The quantitative estimate of drug-likeness (QED) is 0.864. The van der Waals surface area contributed by atoms with Crippen molar-refractivity contribution >= 4 is 11.4 Å². The molecule has 1 aliphatic carbocycles. The lowest BCUT2D eigenvalue weighted by Gasteiger charge is -2.24. The van der Waals surface area contributed by atoms with Crippen LogP contribution in [-0.2, 0) is 14.1 Å². The normalized spacial score (nSPS) is 15.1. The van der Waals surface area contributed by atoms with Gasteiger partial charge in [0.2, 0.25) is 0 Å². The summed E-state index contributed by atoms with van der Waals surface area (Å²) in [6, 6.07) is 8.03. The van der Waals surface area contributed by atoms with Gasteiger partial charge in [-0.05, 0) is 24.1 Å². The predicted molar refractivity (Wildman–Crippen MR) is 104 cm³/mol. The highest BCUT2D eigenvalue weighted by Gasteiger charge is 2.25. The Morgan fingerprint density at radius 1 is 1.00 bits per heavy atom. The minimum atomic E-state index is -0.353. The maximum absolute atomic E-state index is 12.9. The lowest BCUT2D eigenvalue weighted by Crippen LogP contribution is -2.41. The van der Waals surface area contributed by atoms with Crippen LogP contribution >= 0.6 is 0 Å². The molecule has 1 N–H and O–H groups in total. The van der Waals surface area contributed by atoms with Crippen LogP contribution in [0.2, 0.25) is 0 Å². The Morgan fingerprint density at radius 3 is 2.42 bits per heavy atom. The number of benzene rings is 1.